The number of aromatic nitrogens is 1. The first-order valence-corrected chi connectivity index (χ1v) is 9.35. The summed E-state index contributed by atoms with van der Waals surface area (Å²) < 4.78 is 21.6. The van der Waals surface area contributed by atoms with Gasteiger partial charge in [-0.25, -0.2) is 0 Å². The van der Waals surface area contributed by atoms with E-state index < -0.39 is 0 Å². The molecule has 1 heterocycles. The van der Waals surface area contributed by atoms with Gasteiger partial charge in [0.15, 0.2) is 11.5 Å². The lowest BCUT2D eigenvalue weighted by Crippen LogP contribution is -2.05. The number of nitriles is 1. The highest BCUT2D eigenvalue weighted by molar-refractivity contribution is 5.70. The van der Waals surface area contributed by atoms with Crippen molar-refractivity contribution >= 4 is 18.0 Å². The summed E-state index contributed by atoms with van der Waals surface area (Å²) in [7, 11) is 4.83. The Hall–Kier alpha value is -3.92. The first kappa shape index (κ1) is 20.8. The van der Waals surface area contributed by atoms with E-state index in [-0.39, 0.29) is 5.69 Å². The van der Waals surface area contributed by atoms with E-state index in [0.29, 0.717) is 36.2 Å². The lowest BCUT2D eigenvalue weighted by atomic mass is 10.1. The van der Waals surface area contributed by atoms with Crippen LogP contribution in [0.4, 0.5) is 5.88 Å². The summed E-state index contributed by atoms with van der Waals surface area (Å²) in [5.41, 5.74) is 2.16. The molecule has 3 aromatic rings. The van der Waals surface area contributed by atoms with Crippen molar-refractivity contribution in [2.75, 3.05) is 33.2 Å². The predicted octanol–water partition coefficient (Wildman–Crippen LogP) is 4.40. The molecule has 0 bridgehead atoms. The average Bonchev–Trinajstić information content (AvgIpc) is 3.19. The zero-order valence-corrected chi connectivity index (χ0v) is 17.1. The second kappa shape index (κ2) is 10.0. The Balaban J connectivity index is 1.67. The number of hydrogen-bond donors (Lipinski definition) is 1. The monoisotopic (exact) mass is 405 g/mol. The van der Waals surface area contributed by atoms with Gasteiger partial charge < -0.3 is 23.9 Å². The summed E-state index contributed by atoms with van der Waals surface area (Å²) in [6, 6.07) is 15.4. The quantitative estimate of drug-likeness (QED) is 0.564. The number of anilines is 1. The maximum atomic E-state index is 9.35. The highest BCUT2D eigenvalue weighted by Gasteiger charge is 2.11. The molecule has 0 amide bonds. The minimum atomic E-state index is 0.210. The van der Waals surface area contributed by atoms with Crippen molar-refractivity contribution in [2.45, 2.75) is 6.42 Å². The van der Waals surface area contributed by atoms with Gasteiger partial charge >= 0.3 is 0 Å². The van der Waals surface area contributed by atoms with Crippen LogP contribution in [0, 0.1) is 11.3 Å². The first-order valence-electron chi connectivity index (χ1n) is 9.35. The molecule has 0 aliphatic carbocycles. The second-order valence-electron chi connectivity index (χ2n) is 6.28. The molecule has 1 N–H and O–H groups in total. The van der Waals surface area contributed by atoms with E-state index in [1.807, 2.05) is 48.5 Å². The van der Waals surface area contributed by atoms with Gasteiger partial charge in [-0.05, 0) is 36.3 Å². The fraction of sp³-hybridized carbons (Fsp3) is 0.217. The van der Waals surface area contributed by atoms with E-state index in [9.17, 15) is 5.26 Å². The number of methoxy groups -OCH3 is 3. The predicted molar refractivity (Wildman–Crippen MR) is 115 cm³/mol. The Morgan fingerprint density at radius 2 is 1.77 bits per heavy atom. The van der Waals surface area contributed by atoms with Crippen molar-refractivity contribution in [3.05, 3.63) is 65.2 Å². The number of oxazole rings is 1. The molecule has 0 saturated heterocycles. The summed E-state index contributed by atoms with van der Waals surface area (Å²) >= 11 is 0. The second-order valence-corrected chi connectivity index (χ2v) is 6.28. The van der Waals surface area contributed by atoms with Gasteiger partial charge in [0.05, 0.1) is 21.3 Å². The summed E-state index contributed by atoms with van der Waals surface area (Å²) in [5.74, 6) is 2.79. The van der Waals surface area contributed by atoms with Crippen LogP contribution in [0.25, 0.3) is 12.2 Å². The molecule has 0 unspecified atom stereocenters. The zero-order valence-electron chi connectivity index (χ0n) is 17.1. The van der Waals surface area contributed by atoms with Crippen molar-refractivity contribution in [2.24, 2.45) is 0 Å². The molecule has 0 spiro atoms. The van der Waals surface area contributed by atoms with Crippen LogP contribution >= 0.6 is 0 Å². The molecule has 0 saturated carbocycles. The topological polar surface area (TPSA) is 89.5 Å². The Morgan fingerprint density at radius 1 is 1.00 bits per heavy atom. The highest BCUT2D eigenvalue weighted by atomic mass is 16.5. The smallest absolute Gasteiger partial charge is 0.232 e. The normalized spacial score (nSPS) is 10.6. The van der Waals surface area contributed by atoms with E-state index in [2.05, 4.69) is 16.4 Å². The molecule has 30 heavy (non-hydrogen) atoms. The molecule has 0 aliphatic heterocycles. The molecular formula is C23H23N3O4. The molecule has 0 aliphatic rings. The van der Waals surface area contributed by atoms with Crippen LogP contribution in [-0.4, -0.2) is 32.9 Å². The molecular weight excluding hydrogens is 382 g/mol. The summed E-state index contributed by atoms with van der Waals surface area (Å²) in [5, 5.41) is 12.5. The average molecular weight is 405 g/mol. The summed E-state index contributed by atoms with van der Waals surface area (Å²) in [4.78, 5) is 4.22. The number of rotatable bonds is 9. The maximum absolute atomic E-state index is 9.35. The molecule has 3 rings (SSSR count). The Bertz CT molecular complexity index is 1070. The van der Waals surface area contributed by atoms with Crippen molar-refractivity contribution in [3.63, 3.8) is 0 Å². The molecule has 154 valence electrons. The molecule has 7 nitrogen and oxygen atoms in total. The van der Waals surface area contributed by atoms with E-state index >= 15 is 0 Å². The Kier molecular flexibility index (Phi) is 6.95. The van der Waals surface area contributed by atoms with Crippen molar-refractivity contribution in [1.29, 1.82) is 5.26 Å². The number of ether oxygens (including phenoxy) is 3. The summed E-state index contributed by atoms with van der Waals surface area (Å²) in [6.07, 6.45) is 4.25. The minimum absolute atomic E-state index is 0.210. The van der Waals surface area contributed by atoms with Gasteiger partial charge in [0.1, 0.15) is 11.8 Å². The number of benzene rings is 2. The molecule has 2 aromatic carbocycles. The SMILES string of the molecule is COc1ccccc1C=Cc1nc(C#N)c(NCCc2ccc(OC)c(OC)c2)o1. The van der Waals surface area contributed by atoms with Gasteiger partial charge in [-0.3, -0.25) is 0 Å². The first-order chi connectivity index (χ1) is 14.7. The third kappa shape index (κ3) is 4.92. The minimum Gasteiger partial charge on any atom is -0.496 e. The zero-order chi connectivity index (χ0) is 21.3. The van der Waals surface area contributed by atoms with Gasteiger partial charge in [-0.2, -0.15) is 10.2 Å². The lowest BCUT2D eigenvalue weighted by Gasteiger charge is -2.09. The van der Waals surface area contributed by atoms with Crippen molar-refractivity contribution < 1.29 is 18.6 Å². The highest BCUT2D eigenvalue weighted by Crippen LogP contribution is 2.28. The summed E-state index contributed by atoms with van der Waals surface area (Å²) in [6.45, 7) is 0.565. The Labute approximate surface area is 175 Å². The van der Waals surface area contributed by atoms with Gasteiger partial charge in [0, 0.05) is 18.2 Å². The van der Waals surface area contributed by atoms with Crippen LogP contribution < -0.4 is 19.5 Å². The molecule has 0 radical (unpaired) electrons. The molecule has 7 heteroatoms. The third-order valence-electron chi connectivity index (χ3n) is 4.44. The molecule has 0 fully saturated rings. The van der Waals surface area contributed by atoms with Crippen molar-refractivity contribution in [3.8, 4) is 23.3 Å². The number of nitrogens with one attached hydrogen (secondary N) is 1. The lowest BCUT2D eigenvalue weighted by molar-refractivity contribution is 0.354. The van der Waals surface area contributed by atoms with Crippen LogP contribution in [0.15, 0.2) is 46.9 Å². The van der Waals surface area contributed by atoms with E-state index in [4.69, 9.17) is 18.6 Å². The number of nitrogens with zero attached hydrogens (tertiary/aromatic N) is 2. The van der Waals surface area contributed by atoms with Crippen LogP contribution in [0.2, 0.25) is 0 Å². The van der Waals surface area contributed by atoms with Crippen LogP contribution in [0.3, 0.4) is 0 Å². The van der Waals surface area contributed by atoms with Gasteiger partial charge in [0.2, 0.25) is 17.5 Å². The maximum Gasteiger partial charge on any atom is 0.232 e. The number of hydrogen-bond acceptors (Lipinski definition) is 7. The van der Waals surface area contributed by atoms with E-state index in [1.54, 1.807) is 27.4 Å². The van der Waals surface area contributed by atoms with E-state index in [0.717, 1.165) is 16.9 Å². The van der Waals surface area contributed by atoms with Gasteiger partial charge in [-0.15, -0.1) is 0 Å². The fourth-order valence-corrected chi connectivity index (χ4v) is 2.93. The third-order valence-corrected chi connectivity index (χ3v) is 4.44. The molecule has 1 aromatic heterocycles. The van der Waals surface area contributed by atoms with Gasteiger partial charge in [0.25, 0.3) is 0 Å². The van der Waals surface area contributed by atoms with Crippen LogP contribution in [-0.2, 0) is 6.42 Å². The Morgan fingerprint density at radius 3 is 2.50 bits per heavy atom. The largest absolute Gasteiger partial charge is 0.496 e. The van der Waals surface area contributed by atoms with Crippen LogP contribution in [0.1, 0.15) is 22.7 Å². The number of para-hydroxylation sites is 1. The van der Waals surface area contributed by atoms with E-state index in [1.165, 1.54) is 0 Å². The van der Waals surface area contributed by atoms with Crippen LogP contribution in [0.5, 0.6) is 17.2 Å². The molecule has 0 atom stereocenters. The van der Waals surface area contributed by atoms with Gasteiger partial charge in [-0.1, -0.05) is 24.3 Å². The fourth-order valence-electron chi connectivity index (χ4n) is 2.93. The standard InChI is InChI=1S/C23H23N3O4/c1-27-19-7-5-4-6-17(19)9-11-22-26-18(15-24)23(30-22)25-13-12-16-8-10-20(28-2)21(14-16)29-3/h4-11,14,25H,12-13H2,1-3H3. The van der Waals surface area contributed by atoms with Crippen molar-refractivity contribution in [1.82, 2.24) is 4.98 Å².